The maximum Gasteiger partial charge on any atom is 0.417 e. The lowest BCUT2D eigenvalue weighted by molar-refractivity contribution is -0.137. The van der Waals surface area contributed by atoms with Crippen LogP contribution in [0, 0.1) is 0 Å². The Hall–Kier alpha value is -2.37. The molecule has 0 aliphatic carbocycles. The van der Waals surface area contributed by atoms with Crippen molar-refractivity contribution in [1.82, 2.24) is 10.4 Å². The number of para-hydroxylation sites is 1. The van der Waals surface area contributed by atoms with Crippen LogP contribution in [0.5, 0.6) is 5.75 Å². The van der Waals surface area contributed by atoms with Crippen LogP contribution in [0.15, 0.2) is 41.0 Å². The number of carbonyl (C=O) groups is 1. The van der Waals surface area contributed by atoms with Crippen molar-refractivity contribution in [2.75, 3.05) is 12.1 Å². The summed E-state index contributed by atoms with van der Waals surface area (Å²) in [6.07, 6.45) is -3.21. The van der Waals surface area contributed by atoms with E-state index < -0.39 is 11.7 Å². The molecule has 1 aromatic heterocycles. The predicted octanol–water partition coefficient (Wildman–Crippen LogP) is 2.36. The van der Waals surface area contributed by atoms with Crippen LogP contribution in [0.3, 0.4) is 0 Å². The molecule has 0 fully saturated rings. The molecule has 0 bridgehead atoms. The minimum Gasteiger partial charge on any atom is -0.484 e. The topological polar surface area (TPSA) is 106 Å². The average molecular weight is 436 g/mol. The first-order valence-electron chi connectivity index (χ1n) is 7.02. The molecule has 0 aliphatic rings. The first-order valence-corrected chi connectivity index (χ1v) is 7.81. The van der Waals surface area contributed by atoms with Crippen molar-refractivity contribution in [3.05, 3.63) is 52.3 Å². The summed E-state index contributed by atoms with van der Waals surface area (Å²) in [5.74, 6) is 10.6. The zero-order chi connectivity index (χ0) is 19.7. The number of pyridine rings is 1. The molecule has 0 saturated carbocycles. The number of nitrogens with two attached hydrogens (primary N) is 2. The number of ether oxygens (including phenoxy) is 1. The number of nitrogens with one attached hydrogen (secondary N) is 1. The van der Waals surface area contributed by atoms with E-state index in [0.29, 0.717) is 28.0 Å². The van der Waals surface area contributed by atoms with Gasteiger partial charge in [0.05, 0.1) is 21.4 Å². The molecule has 11 heteroatoms. The van der Waals surface area contributed by atoms with E-state index in [1.807, 2.05) is 0 Å². The molecule has 0 radical (unpaired) electrons. The fourth-order valence-electron chi connectivity index (χ4n) is 1.74. The number of rotatable bonds is 5. The van der Waals surface area contributed by atoms with Gasteiger partial charge in [0.1, 0.15) is 6.61 Å². The Morgan fingerprint density at radius 2 is 2.00 bits per heavy atom. The van der Waals surface area contributed by atoms with Gasteiger partial charge >= 0.3 is 6.18 Å². The zero-order valence-corrected chi connectivity index (χ0v) is 15.2. The smallest absolute Gasteiger partial charge is 0.417 e. The summed E-state index contributed by atoms with van der Waals surface area (Å²) in [7, 11) is 1.66. The molecule has 2 rings (SSSR count). The highest BCUT2D eigenvalue weighted by Crippen LogP contribution is 2.35. The normalized spacial score (nSPS) is 10.4. The molecule has 0 unspecified atom stereocenters. The van der Waals surface area contributed by atoms with Crippen molar-refractivity contribution in [1.29, 1.82) is 0 Å². The Labute approximate surface area is 156 Å². The van der Waals surface area contributed by atoms with Gasteiger partial charge in [-0.1, -0.05) is 6.07 Å². The molecule has 7 nitrogen and oxygen atoms in total. The Kier molecular flexibility index (Phi) is 8.29. The van der Waals surface area contributed by atoms with E-state index in [9.17, 15) is 13.2 Å². The molecule has 26 heavy (non-hydrogen) atoms. The maximum atomic E-state index is 12.5. The molecule has 0 atom stereocenters. The van der Waals surface area contributed by atoms with E-state index in [1.165, 1.54) is 11.1 Å². The van der Waals surface area contributed by atoms with Crippen molar-refractivity contribution in [3.63, 3.8) is 0 Å². The lowest BCUT2D eigenvalue weighted by Gasteiger charge is -2.18. The maximum absolute atomic E-state index is 12.5. The summed E-state index contributed by atoms with van der Waals surface area (Å²) in [5, 5.41) is 1.39. The van der Waals surface area contributed by atoms with Crippen LogP contribution in [-0.2, 0) is 17.6 Å². The molecule has 2 aromatic rings. The summed E-state index contributed by atoms with van der Waals surface area (Å²) in [5.41, 5.74) is 1.98. The highest BCUT2D eigenvalue weighted by atomic mass is 79.9. The van der Waals surface area contributed by atoms with Crippen molar-refractivity contribution in [2.24, 2.45) is 11.7 Å². The number of alkyl halides is 3. The van der Waals surface area contributed by atoms with Crippen molar-refractivity contribution >= 4 is 28.0 Å². The van der Waals surface area contributed by atoms with Crippen molar-refractivity contribution < 1.29 is 22.7 Å². The Bertz CT molecular complexity index is 711. The number of amides is 1. The minimum absolute atomic E-state index is 0.0294. The van der Waals surface area contributed by atoms with Gasteiger partial charge in [-0.15, -0.1) is 0 Å². The van der Waals surface area contributed by atoms with E-state index in [1.54, 1.807) is 30.7 Å². The van der Waals surface area contributed by atoms with E-state index in [2.05, 4.69) is 26.8 Å². The Morgan fingerprint density at radius 3 is 2.46 bits per heavy atom. The molecule has 0 spiro atoms. The molecule has 5 N–H and O–H groups in total. The fraction of sp³-hybridized carbons (Fsp3) is 0.200. The number of carbonyl (C=O) groups excluding carboxylic acids is 1. The standard InChI is InChI=1S/C14H13BrF3N3O.CH4N2O/c1-21(19)12-4-2-3-11(15)13(12)22-8-10-6-5-9(7-20-10)14(16,17)18;2-3-1-4/h2-7H,8,19H2,1H3;1H,2H2,(H,3,4). The number of benzene rings is 1. The summed E-state index contributed by atoms with van der Waals surface area (Å²) >= 11 is 3.35. The van der Waals surface area contributed by atoms with Crippen molar-refractivity contribution in [2.45, 2.75) is 12.8 Å². The highest BCUT2D eigenvalue weighted by molar-refractivity contribution is 9.10. The van der Waals surface area contributed by atoms with Crippen LogP contribution in [0.4, 0.5) is 18.9 Å². The van der Waals surface area contributed by atoms with Gasteiger partial charge in [0.15, 0.2) is 5.75 Å². The number of aromatic nitrogens is 1. The number of anilines is 1. The molecule has 0 aliphatic heterocycles. The fourth-order valence-corrected chi connectivity index (χ4v) is 2.21. The lowest BCUT2D eigenvalue weighted by Crippen LogP contribution is -2.25. The monoisotopic (exact) mass is 435 g/mol. The minimum atomic E-state index is -4.40. The zero-order valence-electron chi connectivity index (χ0n) is 13.6. The van der Waals surface area contributed by atoms with Gasteiger partial charge in [-0.25, -0.2) is 11.7 Å². The molecular weight excluding hydrogens is 419 g/mol. The number of halogens is 4. The third-order valence-electron chi connectivity index (χ3n) is 2.91. The summed E-state index contributed by atoms with van der Waals surface area (Å²) in [6.45, 7) is 0.0294. The van der Waals surface area contributed by atoms with Gasteiger partial charge in [0, 0.05) is 13.2 Å². The summed E-state index contributed by atoms with van der Waals surface area (Å²) < 4.78 is 43.7. The summed E-state index contributed by atoms with van der Waals surface area (Å²) in [4.78, 5) is 12.7. The number of hydrogen-bond acceptors (Lipinski definition) is 6. The highest BCUT2D eigenvalue weighted by Gasteiger charge is 2.30. The average Bonchev–Trinajstić information content (AvgIpc) is 2.60. The summed E-state index contributed by atoms with van der Waals surface area (Å²) in [6, 6.07) is 7.60. The molecule has 1 aromatic carbocycles. The first kappa shape index (κ1) is 21.7. The quantitative estimate of drug-likeness (QED) is 0.288. The van der Waals surface area contributed by atoms with Crippen LogP contribution < -0.4 is 26.9 Å². The molecule has 1 amide bonds. The van der Waals surface area contributed by atoms with E-state index in [-0.39, 0.29) is 6.61 Å². The molecule has 0 saturated heterocycles. The van der Waals surface area contributed by atoms with E-state index in [0.717, 1.165) is 12.3 Å². The second-order valence-electron chi connectivity index (χ2n) is 4.81. The molecule has 1 heterocycles. The van der Waals surface area contributed by atoms with E-state index in [4.69, 9.17) is 15.4 Å². The molecule has 142 valence electrons. The Morgan fingerprint density at radius 1 is 1.35 bits per heavy atom. The SMILES string of the molecule is CN(N)c1cccc(Br)c1OCc1ccc(C(F)(F)F)cn1.NNC=O. The third-order valence-corrected chi connectivity index (χ3v) is 3.54. The number of hydrazine groups is 2. The number of nitrogens with zero attached hydrogens (tertiary/aromatic N) is 2. The van der Waals surface area contributed by atoms with Gasteiger partial charge in [-0.3, -0.25) is 15.2 Å². The Balaban J connectivity index is 0.000000765. The largest absolute Gasteiger partial charge is 0.484 e. The molecular formula is C15H17BrF3N5O2. The van der Waals surface area contributed by atoms with Crippen molar-refractivity contribution in [3.8, 4) is 5.75 Å². The van der Waals surface area contributed by atoms with Crippen LogP contribution in [0.1, 0.15) is 11.3 Å². The van der Waals surface area contributed by atoms with Gasteiger partial charge in [0.25, 0.3) is 0 Å². The van der Waals surface area contributed by atoms with Gasteiger partial charge in [-0.05, 0) is 40.2 Å². The van der Waals surface area contributed by atoms with E-state index >= 15 is 0 Å². The predicted molar refractivity (Wildman–Crippen MR) is 93.7 cm³/mol. The third kappa shape index (κ3) is 6.50. The van der Waals surface area contributed by atoms with Gasteiger partial charge in [0.2, 0.25) is 6.41 Å². The second kappa shape index (κ2) is 9.94. The van der Waals surface area contributed by atoms with Gasteiger partial charge in [-0.2, -0.15) is 13.2 Å². The van der Waals surface area contributed by atoms with Crippen LogP contribution in [0.25, 0.3) is 0 Å². The van der Waals surface area contributed by atoms with Crippen LogP contribution in [0.2, 0.25) is 0 Å². The van der Waals surface area contributed by atoms with Crippen LogP contribution in [-0.4, -0.2) is 18.4 Å². The lowest BCUT2D eigenvalue weighted by atomic mass is 10.2. The first-order chi connectivity index (χ1) is 12.2. The number of hydrogen-bond donors (Lipinski definition) is 3. The van der Waals surface area contributed by atoms with Crippen LogP contribution >= 0.6 is 15.9 Å². The van der Waals surface area contributed by atoms with Gasteiger partial charge < -0.3 is 9.75 Å². The second-order valence-corrected chi connectivity index (χ2v) is 5.66.